The first-order valence-corrected chi connectivity index (χ1v) is 7.86. The van der Waals surface area contributed by atoms with Crippen LogP contribution in [0.1, 0.15) is 29.3 Å². The fourth-order valence-corrected chi connectivity index (χ4v) is 2.57. The van der Waals surface area contributed by atoms with Crippen LogP contribution in [0, 0.1) is 0 Å². The lowest BCUT2D eigenvalue weighted by molar-refractivity contribution is -0.125. The van der Waals surface area contributed by atoms with Gasteiger partial charge >= 0.3 is 0 Å². The molecule has 1 aliphatic heterocycles. The van der Waals surface area contributed by atoms with E-state index >= 15 is 0 Å². The van der Waals surface area contributed by atoms with Gasteiger partial charge in [-0.05, 0) is 43.3 Å². The van der Waals surface area contributed by atoms with Crippen LogP contribution in [0.25, 0.3) is 0 Å². The van der Waals surface area contributed by atoms with E-state index in [2.05, 4.69) is 10.5 Å². The van der Waals surface area contributed by atoms with Crippen LogP contribution in [0.2, 0.25) is 0 Å². The molecule has 1 unspecified atom stereocenters. The summed E-state index contributed by atoms with van der Waals surface area (Å²) < 4.78 is 5.32. The highest BCUT2D eigenvalue weighted by atomic mass is 16.6. The number of nitrogens with one attached hydrogen (secondary N) is 1. The number of hydrogen-bond donors (Lipinski definition) is 1. The number of anilines is 1. The summed E-state index contributed by atoms with van der Waals surface area (Å²) >= 11 is 0. The quantitative estimate of drug-likeness (QED) is 0.850. The molecule has 0 aromatic heterocycles. The maximum atomic E-state index is 12.4. The van der Waals surface area contributed by atoms with E-state index in [-0.39, 0.29) is 11.7 Å². The van der Waals surface area contributed by atoms with Gasteiger partial charge in [0.05, 0.1) is 12.8 Å². The van der Waals surface area contributed by atoms with Crippen LogP contribution >= 0.6 is 0 Å². The van der Waals surface area contributed by atoms with Crippen LogP contribution in [0.5, 0.6) is 5.75 Å². The molecule has 2 aromatic carbocycles. The average Bonchev–Trinajstić information content (AvgIpc) is 3.12. The van der Waals surface area contributed by atoms with Crippen molar-refractivity contribution in [2.24, 2.45) is 5.16 Å². The molecular weight excluding hydrogens is 320 g/mol. The van der Waals surface area contributed by atoms with E-state index in [1.54, 1.807) is 31.4 Å². The Morgan fingerprint density at radius 3 is 2.56 bits per heavy atom. The van der Waals surface area contributed by atoms with Gasteiger partial charge in [-0.25, -0.2) is 0 Å². The third-order valence-corrected chi connectivity index (χ3v) is 3.94. The smallest absolute Gasteiger partial charge is 0.268 e. The predicted molar refractivity (Wildman–Crippen MR) is 94.1 cm³/mol. The highest BCUT2D eigenvalue weighted by Crippen LogP contribution is 2.25. The molecule has 0 radical (unpaired) electrons. The van der Waals surface area contributed by atoms with Gasteiger partial charge in [-0.3, -0.25) is 9.59 Å². The lowest BCUT2D eigenvalue weighted by atomic mass is 10.0. The van der Waals surface area contributed by atoms with Crippen molar-refractivity contribution in [3.63, 3.8) is 0 Å². The number of ketones is 1. The van der Waals surface area contributed by atoms with Crippen molar-refractivity contribution in [2.75, 3.05) is 12.4 Å². The van der Waals surface area contributed by atoms with E-state index in [0.717, 1.165) is 5.56 Å². The normalized spacial score (nSPS) is 15.9. The lowest BCUT2D eigenvalue weighted by Crippen LogP contribution is -2.28. The number of methoxy groups -OCH3 is 1. The van der Waals surface area contributed by atoms with Crippen molar-refractivity contribution in [1.29, 1.82) is 0 Å². The van der Waals surface area contributed by atoms with Gasteiger partial charge in [0, 0.05) is 23.2 Å². The highest BCUT2D eigenvalue weighted by Gasteiger charge is 2.30. The number of rotatable bonds is 5. The second kappa shape index (κ2) is 7.17. The monoisotopic (exact) mass is 338 g/mol. The Kier molecular flexibility index (Phi) is 4.79. The number of benzene rings is 2. The van der Waals surface area contributed by atoms with Crippen molar-refractivity contribution < 1.29 is 19.2 Å². The number of nitrogens with zero attached hydrogens (tertiary/aromatic N) is 1. The third kappa shape index (κ3) is 3.68. The SMILES string of the molecule is COc1ccccc1C1=NOC(C(=O)Nc2ccc(C(C)=O)cc2)C1. The summed E-state index contributed by atoms with van der Waals surface area (Å²) in [4.78, 5) is 28.9. The summed E-state index contributed by atoms with van der Waals surface area (Å²) in [5, 5.41) is 6.80. The van der Waals surface area contributed by atoms with Gasteiger partial charge in [-0.2, -0.15) is 0 Å². The van der Waals surface area contributed by atoms with Gasteiger partial charge in [0.2, 0.25) is 6.10 Å². The van der Waals surface area contributed by atoms with Crippen molar-refractivity contribution in [2.45, 2.75) is 19.4 Å². The number of para-hydroxylation sites is 1. The lowest BCUT2D eigenvalue weighted by Gasteiger charge is -2.10. The van der Waals surface area contributed by atoms with Gasteiger partial charge in [-0.1, -0.05) is 17.3 Å². The number of carbonyl (C=O) groups excluding carboxylic acids is 2. The van der Waals surface area contributed by atoms with Crippen molar-refractivity contribution >= 4 is 23.1 Å². The number of Topliss-reactive ketones (excluding diaryl/α,β-unsaturated/α-hetero) is 1. The summed E-state index contributed by atoms with van der Waals surface area (Å²) in [6, 6.07) is 14.2. The van der Waals surface area contributed by atoms with E-state index in [1.807, 2.05) is 24.3 Å². The van der Waals surface area contributed by atoms with Crippen LogP contribution in [0.3, 0.4) is 0 Å². The van der Waals surface area contributed by atoms with E-state index in [0.29, 0.717) is 29.1 Å². The van der Waals surface area contributed by atoms with Gasteiger partial charge in [-0.15, -0.1) is 0 Å². The topological polar surface area (TPSA) is 77.0 Å². The number of hydrogen-bond acceptors (Lipinski definition) is 5. The third-order valence-electron chi connectivity index (χ3n) is 3.94. The molecule has 0 aliphatic carbocycles. The molecule has 2 aromatic rings. The first-order valence-electron chi connectivity index (χ1n) is 7.86. The molecule has 0 fully saturated rings. The number of oxime groups is 1. The summed E-state index contributed by atoms with van der Waals surface area (Å²) in [6.45, 7) is 1.50. The summed E-state index contributed by atoms with van der Waals surface area (Å²) in [7, 11) is 1.59. The zero-order valence-corrected chi connectivity index (χ0v) is 14.0. The Hall–Kier alpha value is -3.15. The molecule has 6 heteroatoms. The van der Waals surface area contributed by atoms with Crippen LogP contribution in [-0.2, 0) is 9.63 Å². The summed E-state index contributed by atoms with van der Waals surface area (Å²) in [5.74, 6) is 0.377. The van der Waals surface area contributed by atoms with Crippen molar-refractivity contribution in [3.8, 4) is 5.75 Å². The van der Waals surface area contributed by atoms with Gasteiger partial charge in [0.15, 0.2) is 5.78 Å². The average molecular weight is 338 g/mol. The standard InChI is InChI=1S/C19H18N2O4/c1-12(22)13-7-9-14(10-8-13)20-19(23)18-11-16(21-25-18)15-5-3-4-6-17(15)24-2/h3-10,18H,11H2,1-2H3,(H,20,23). The fraction of sp³-hybridized carbons (Fsp3) is 0.211. The second-order valence-electron chi connectivity index (χ2n) is 5.66. The molecule has 1 N–H and O–H groups in total. The first kappa shape index (κ1) is 16.7. The van der Waals surface area contributed by atoms with Gasteiger partial charge < -0.3 is 14.9 Å². The Balaban J connectivity index is 1.64. The van der Waals surface area contributed by atoms with E-state index in [4.69, 9.17) is 9.57 Å². The molecule has 1 amide bonds. The molecule has 25 heavy (non-hydrogen) atoms. The van der Waals surface area contributed by atoms with E-state index in [1.165, 1.54) is 6.92 Å². The second-order valence-corrected chi connectivity index (χ2v) is 5.66. The number of ether oxygens (including phenoxy) is 1. The van der Waals surface area contributed by atoms with Crippen LogP contribution in [-0.4, -0.2) is 30.6 Å². The number of amides is 1. The minimum atomic E-state index is -0.701. The van der Waals surface area contributed by atoms with Crippen molar-refractivity contribution in [1.82, 2.24) is 0 Å². The molecule has 3 rings (SSSR count). The zero-order valence-electron chi connectivity index (χ0n) is 14.0. The molecule has 0 saturated heterocycles. The molecule has 128 valence electrons. The molecule has 1 atom stereocenters. The first-order chi connectivity index (χ1) is 12.1. The molecule has 6 nitrogen and oxygen atoms in total. The largest absolute Gasteiger partial charge is 0.496 e. The van der Waals surface area contributed by atoms with Crippen LogP contribution in [0.4, 0.5) is 5.69 Å². The van der Waals surface area contributed by atoms with E-state index in [9.17, 15) is 9.59 Å². The van der Waals surface area contributed by atoms with Gasteiger partial charge in [0.25, 0.3) is 5.91 Å². The molecule has 0 saturated carbocycles. The highest BCUT2D eigenvalue weighted by molar-refractivity contribution is 6.07. The van der Waals surface area contributed by atoms with Crippen LogP contribution in [0.15, 0.2) is 53.7 Å². The fourth-order valence-electron chi connectivity index (χ4n) is 2.57. The zero-order chi connectivity index (χ0) is 17.8. The molecule has 0 bridgehead atoms. The Morgan fingerprint density at radius 1 is 1.16 bits per heavy atom. The van der Waals surface area contributed by atoms with E-state index < -0.39 is 6.10 Å². The number of carbonyl (C=O) groups is 2. The maximum absolute atomic E-state index is 12.4. The molecule has 1 aliphatic rings. The molecule has 1 heterocycles. The summed E-state index contributed by atoms with van der Waals surface area (Å²) in [5.41, 5.74) is 2.68. The Morgan fingerprint density at radius 2 is 1.88 bits per heavy atom. The van der Waals surface area contributed by atoms with Crippen LogP contribution < -0.4 is 10.1 Å². The minimum absolute atomic E-state index is 0.0214. The summed E-state index contributed by atoms with van der Waals surface area (Å²) in [6.07, 6.45) is -0.343. The Labute approximate surface area is 145 Å². The van der Waals surface area contributed by atoms with Crippen molar-refractivity contribution in [3.05, 3.63) is 59.7 Å². The predicted octanol–water partition coefficient (Wildman–Crippen LogP) is 3.03. The minimum Gasteiger partial charge on any atom is -0.496 e. The van der Waals surface area contributed by atoms with Gasteiger partial charge in [0.1, 0.15) is 5.75 Å². The Bertz CT molecular complexity index is 828. The molecular formula is C19H18N2O4. The molecule has 0 spiro atoms. The maximum Gasteiger partial charge on any atom is 0.268 e.